The number of hydrogen-bond acceptors (Lipinski definition) is 4. The first-order valence-corrected chi connectivity index (χ1v) is 10.7. The molecule has 2 aliphatic heterocycles. The van der Waals surface area contributed by atoms with E-state index in [9.17, 15) is 9.90 Å². The molecule has 3 aliphatic rings. The Morgan fingerprint density at radius 1 is 1.04 bits per heavy atom. The number of amides is 1. The monoisotopic (exact) mass is 379 g/mol. The molecular weight excluding hydrogens is 350 g/mol. The zero-order chi connectivity index (χ0) is 19.1. The Hall–Kier alpha value is -2.14. The minimum absolute atomic E-state index is 0.175. The Bertz CT molecular complexity index is 872. The number of aliphatic hydroxyl groups excluding tert-OH is 1. The van der Waals surface area contributed by atoms with Gasteiger partial charge in [-0.15, -0.1) is 0 Å². The molecule has 1 N–H and O–H groups in total. The van der Waals surface area contributed by atoms with Crippen molar-refractivity contribution >= 4 is 22.5 Å². The fraction of sp³-hybridized carbons (Fsp3) is 0.565. The first kappa shape index (κ1) is 17.9. The highest BCUT2D eigenvalue weighted by atomic mass is 16.3. The van der Waals surface area contributed by atoms with Gasteiger partial charge in [0.05, 0.1) is 11.5 Å². The van der Waals surface area contributed by atoms with Crippen molar-refractivity contribution in [2.75, 3.05) is 24.5 Å². The summed E-state index contributed by atoms with van der Waals surface area (Å²) < 4.78 is 0. The van der Waals surface area contributed by atoms with Gasteiger partial charge in [0.25, 0.3) is 0 Å². The molecular formula is C23H29N3O2. The molecule has 3 fully saturated rings. The van der Waals surface area contributed by atoms with Gasteiger partial charge in [0, 0.05) is 37.3 Å². The van der Waals surface area contributed by atoms with Crippen LogP contribution in [0.25, 0.3) is 10.8 Å². The van der Waals surface area contributed by atoms with Crippen LogP contribution >= 0.6 is 0 Å². The average Bonchev–Trinajstić information content (AvgIpc) is 3.04. The van der Waals surface area contributed by atoms with Gasteiger partial charge < -0.3 is 14.9 Å². The molecule has 0 bridgehead atoms. The lowest BCUT2D eigenvalue weighted by molar-refractivity contribution is -0.139. The van der Waals surface area contributed by atoms with E-state index in [-0.39, 0.29) is 11.5 Å². The lowest BCUT2D eigenvalue weighted by Crippen LogP contribution is -2.50. The summed E-state index contributed by atoms with van der Waals surface area (Å²) in [5, 5.41) is 12.2. The number of aliphatic hydroxyl groups is 1. The van der Waals surface area contributed by atoms with Gasteiger partial charge in [-0.1, -0.05) is 24.3 Å². The highest BCUT2D eigenvalue weighted by Gasteiger charge is 2.50. The number of aromatic nitrogens is 1. The molecule has 2 aromatic rings. The van der Waals surface area contributed by atoms with Gasteiger partial charge in [-0.2, -0.15) is 0 Å². The third-order valence-electron chi connectivity index (χ3n) is 7.18. The topological polar surface area (TPSA) is 56.7 Å². The van der Waals surface area contributed by atoms with Crippen LogP contribution in [0.5, 0.6) is 0 Å². The molecule has 1 aliphatic carbocycles. The number of carbonyl (C=O) groups excluding carboxylic acids is 1. The standard InChI is InChI=1S/C23H29N3O2/c27-19-8-6-18(7-9-19)26-15-12-23(22(26)28)11-3-14-25(16-23)21-20-5-2-1-4-17(20)10-13-24-21/h1-2,4-5,10,13,18-19,27H,3,6-9,11-12,14-16H2. The fourth-order valence-corrected chi connectivity index (χ4v) is 5.61. The zero-order valence-corrected chi connectivity index (χ0v) is 16.4. The molecule has 1 atom stereocenters. The Kier molecular flexibility index (Phi) is 4.50. The van der Waals surface area contributed by atoms with E-state index in [1.165, 1.54) is 10.8 Å². The SMILES string of the molecule is O=C1N(C2CCC(O)CC2)CCC12CCCN(c1nccc3ccccc13)C2. The fourth-order valence-electron chi connectivity index (χ4n) is 5.61. The van der Waals surface area contributed by atoms with Crippen LogP contribution < -0.4 is 4.90 Å². The third-order valence-corrected chi connectivity index (χ3v) is 7.18. The summed E-state index contributed by atoms with van der Waals surface area (Å²) in [5.74, 6) is 1.36. The second-order valence-electron chi connectivity index (χ2n) is 8.87. The van der Waals surface area contributed by atoms with Crippen LogP contribution in [0.2, 0.25) is 0 Å². The van der Waals surface area contributed by atoms with Crippen molar-refractivity contribution in [3.8, 4) is 0 Å². The Balaban J connectivity index is 1.39. The van der Waals surface area contributed by atoms with Crippen molar-refractivity contribution < 1.29 is 9.90 Å². The number of fused-ring (bicyclic) bond motifs is 1. The lowest BCUT2D eigenvalue weighted by Gasteiger charge is -2.41. The van der Waals surface area contributed by atoms with Gasteiger partial charge in [-0.25, -0.2) is 4.98 Å². The van der Waals surface area contributed by atoms with Gasteiger partial charge >= 0.3 is 0 Å². The van der Waals surface area contributed by atoms with Gasteiger partial charge in [-0.3, -0.25) is 4.79 Å². The molecule has 1 amide bonds. The summed E-state index contributed by atoms with van der Waals surface area (Å²) >= 11 is 0. The van der Waals surface area contributed by atoms with Crippen LogP contribution in [0.15, 0.2) is 36.5 Å². The lowest BCUT2D eigenvalue weighted by atomic mass is 9.78. The van der Waals surface area contributed by atoms with Crippen molar-refractivity contribution in [1.29, 1.82) is 0 Å². The van der Waals surface area contributed by atoms with E-state index in [2.05, 4.69) is 40.1 Å². The minimum Gasteiger partial charge on any atom is -0.393 e. The van der Waals surface area contributed by atoms with Crippen molar-refractivity contribution in [2.45, 2.75) is 57.1 Å². The molecule has 1 aromatic heterocycles. The Morgan fingerprint density at radius 3 is 2.71 bits per heavy atom. The molecule has 5 nitrogen and oxygen atoms in total. The van der Waals surface area contributed by atoms with E-state index in [4.69, 9.17) is 4.98 Å². The van der Waals surface area contributed by atoms with E-state index >= 15 is 0 Å². The molecule has 28 heavy (non-hydrogen) atoms. The second kappa shape index (κ2) is 7.03. The smallest absolute Gasteiger partial charge is 0.230 e. The molecule has 1 saturated carbocycles. The summed E-state index contributed by atoms with van der Waals surface area (Å²) in [6.07, 6.45) is 8.22. The van der Waals surface area contributed by atoms with E-state index in [1.54, 1.807) is 0 Å². The van der Waals surface area contributed by atoms with Crippen LogP contribution in [-0.2, 0) is 4.79 Å². The molecule has 5 heteroatoms. The molecule has 2 saturated heterocycles. The predicted octanol–water partition coefficient (Wildman–Crippen LogP) is 3.36. The number of likely N-dealkylation sites (tertiary alicyclic amines) is 1. The number of rotatable bonds is 2. The van der Waals surface area contributed by atoms with Crippen molar-refractivity contribution in [2.24, 2.45) is 5.41 Å². The van der Waals surface area contributed by atoms with Gasteiger partial charge in [0.1, 0.15) is 5.82 Å². The van der Waals surface area contributed by atoms with Crippen LogP contribution in [0.1, 0.15) is 44.9 Å². The quantitative estimate of drug-likeness (QED) is 0.869. The highest BCUT2D eigenvalue weighted by Crippen LogP contribution is 2.43. The Labute approximate surface area is 166 Å². The number of carbonyl (C=O) groups is 1. The number of benzene rings is 1. The molecule has 1 aromatic carbocycles. The maximum Gasteiger partial charge on any atom is 0.230 e. The summed E-state index contributed by atoms with van der Waals surface area (Å²) in [6, 6.07) is 10.8. The van der Waals surface area contributed by atoms with Gasteiger partial charge in [0.2, 0.25) is 5.91 Å². The Morgan fingerprint density at radius 2 is 1.86 bits per heavy atom. The number of piperidine rings is 1. The zero-order valence-electron chi connectivity index (χ0n) is 16.4. The van der Waals surface area contributed by atoms with Crippen molar-refractivity contribution in [1.82, 2.24) is 9.88 Å². The second-order valence-corrected chi connectivity index (χ2v) is 8.87. The molecule has 1 unspecified atom stereocenters. The summed E-state index contributed by atoms with van der Waals surface area (Å²) in [4.78, 5) is 22.7. The normalized spacial score (nSPS) is 31.1. The largest absolute Gasteiger partial charge is 0.393 e. The van der Waals surface area contributed by atoms with E-state index in [1.807, 2.05) is 6.20 Å². The third kappa shape index (κ3) is 2.96. The van der Waals surface area contributed by atoms with Crippen molar-refractivity contribution in [3.63, 3.8) is 0 Å². The number of anilines is 1. The maximum absolute atomic E-state index is 13.5. The summed E-state index contributed by atoms with van der Waals surface area (Å²) in [7, 11) is 0. The van der Waals surface area contributed by atoms with Gasteiger partial charge in [0.15, 0.2) is 0 Å². The van der Waals surface area contributed by atoms with Crippen LogP contribution in [0.3, 0.4) is 0 Å². The van der Waals surface area contributed by atoms with Gasteiger partial charge in [-0.05, 0) is 56.4 Å². The first-order valence-electron chi connectivity index (χ1n) is 10.7. The molecule has 1 spiro atoms. The van der Waals surface area contributed by atoms with Crippen LogP contribution in [-0.4, -0.2) is 52.7 Å². The summed E-state index contributed by atoms with van der Waals surface area (Å²) in [6.45, 7) is 2.61. The molecule has 5 rings (SSSR count). The predicted molar refractivity (Wildman–Crippen MR) is 110 cm³/mol. The summed E-state index contributed by atoms with van der Waals surface area (Å²) in [5.41, 5.74) is -0.257. The average molecular weight is 380 g/mol. The molecule has 148 valence electrons. The first-order chi connectivity index (χ1) is 13.7. The number of nitrogens with zero attached hydrogens (tertiary/aromatic N) is 3. The van der Waals surface area contributed by atoms with Crippen LogP contribution in [0, 0.1) is 5.41 Å². The van der Waals surface area contributed by atoms with Crippen molar-refractivity contribution in [3.05, 3.63) is 36.5 Å². The highest BCUT2D eigenvalue weighted by molar-refractivity contribution is 5.93. The van der Waals surface area contributed by atoms with Crippen LogP contribution in [0.4, 0.5) is 5.82 Å². The number of pyridine rings is 1. The molecule has 0 radical (unpaired) electrons. The van der Waals surface area contributed by atoms with E-state index < -0.39 is 0 Å². The number of hydrogen-bond donors (Lipinski definition) is 1. The van der Waals surface area contributed by atoms with E-state index in [0.29, 0.717) is 11.9 Å². The van der Waals surface area contributed by atoms with E-state index in [0.717, 1.165) is 70.4 Å². The molecule has 3 heterocycles. The maximum atomic E-state index is 13.5. The minimum atomic E-state index is -0.257.